The van der Waals surface area contributed by atoms with Crippen LogP contribution in [0.15, 0.2) is 47.4 Å². The van der Waals surface area contributed by atoms with E-state index in [2.05, 4.69) is 12.2 Å². The van der Waals surface area contributed by atoms with Gasteiger partial charge in [0.05, 0.1) is 17.7 Å². The van der Waals surface area contributed by atoms with Crippen LogP contribution in [0.1, 0.15) is 41.9 Å². The lowest BCUT2D eigenvalue weighted by atomic mass is 10.2. The number of aryl methyl sites for hydroxylation is 1. The van der Waals surface area contributed by atoms with Gasteiger partial charge in [-0.1, -0.05) is 19.4 Å². The van der Waals surface area contributed by atoms with Crippen LogP contribution in [-0.2, 0) is 10.0 Å². The Hall–Kier alpha value is -2.58. The summed E-state index contributed by atoms with van der Waals surface area (Å²) in [5.41, 5.74) is 1.34. The maximum atomic E-state index is 13.3. The largest absolute Gasteiger partial charge is 0.495 e. The Kier molecular flexibility index (Phi) is 6.91. The van der Waals surface area contributed by atoms with Crippen molar-refractivity contribution in [2.45, 2.75) is 44.6 Å². The second-order valence-electron chi connectivity index (χ2n) is 7.62. The van der Waals surface area contributed by atoms with Crippen LogP contribution in [0.3, 0.4) is 0 Å². The number of hydrogen-bond donors (Lipinski definition) is 1. The van der Waals surface area contributed by atoms with Crippen LogP contribution in [0.25, 0.3) is 10.1 Å². The summed E-state index contributed by atoms with van der Waals surface area (Å²) in [6.45, 7) is 5.91. The molecular weight excluding hydrogens is 432 g/mol. The molecule has 8 heteroatoms. The van der Waals surface area contributed by atoms with Crippen molar-refractivity contribution in [2.75, 3.05) is 18.5 Å². The zero-order chi connectivity index (χ0) is 22.8. The predicted octanol–water partition coefficient (Wildman–Crippen LogP) is 4.96. The first kappa shape index (κ1) is 23.1. The van der Waals surface area contributed by atoms with Crippen molar-refractivity contribution in [3.8, 4) is 5.75 Å². The zero-order valence-electron chi connectivity index (χ0n) is 18.4. The number of hydrogen-bond acceptors (Lipinski definition) is 5. The fraction of sp³-hybridized carbons (Fsp3) is 0.348. The van der Waals surface area contributed by atoms with Crippen LogP contribution in [0.2, 0.25) is 0 Å². The molecule has 6 nitrogen and oxygen atoms in total. The number of fused-ring (bicyclic) bond motifs is 1. The van der Waals surface area contributed by atoms with Gasteiger partial charge in [0.15, 0.2) is 0 Å². The molecule has 0 saturated heterocycles. The van der Waals surface area contributed by atoms with Crippen LogP contribution in [0, 0.1) is 6.92 Å². The lowest BCUT2D eigenvalue weighted by Crippen LogP contribution is -2.31. The Morgan fingerprint density at radius 2 is 1.94 bits per heavy atom. The highest BCUT2D eigenvalue weighted by Gasteiger charge is 2.26. The average molecular weight is 461 g/mol. The summed E-state index contributed by atoms with van der Waals surface area (Å²) < 4.78 is 34.0. The van der Waals surface area contributed by atoms with E-state index in [1.807, 2.05) is 32.0 Å². The second kappa shape index (κ2) is 9.28. The molecule has 2 aromatic carbocycles. The Balaban J connectivity index is 1.93. The van der Waals surface area contributed by atoms with Crippen molar-refractivity contribution in [3.63, 3.8) is 0 Å². The van der Waals surface area contributed by atoms with E-state index in [0.29, 0.717) is 16.3 Å². The van der Waals surface area contributed by atoms with E-state index in [-0.39, 0.29) is 16.8 Å². The van der Waals surface area contributed by atoms with Gasteiger partial charge in [-0.25, -0.2) is 8.42 Å². The first-order valence-corrected chi connectivity index (χ1v) is 12.4. The van der Waals surface area contributed by atoms with E-state index in [9.17, 15) is 13.2 Å². The summed E-state index contributed by atoms with van der Waals surface area (Å²) in [6, 6.07) is 12.4. The minimum Gasteiger partial charge on any atom is -0.495 e. The number of rotatable bonds is 8. The maximum Gasteiger partial charge on any atom is 0.267 e. The number of amides is 1. The molecule has 31 heavy (non-hydrogen) atoms. The van der Waals surface area contributed by atoms with Crippen LogP contribution < -0.4 is 14.4 Å². The monoisotopic (exact) mass is 460 g/mol. The number of carbonyl (C=O) groups is 1. The summed E-state index contributed by atoms with van der Waals surface area (Å²) >= 11 is 1.40. The number of sulfonamides is 1. The highest BCUT2D eigenvalue weighted by atomic mass is 32.2. The van der Waals surface area contributed by atoms with Crippen LogP contribution in [-0.4, -0.2) is 34.5 Å². The Morgan fingerprint density at radius 3 is 2.61 bits per heavy atom. The van der Waals surface area contributed by atoms with Gasteiger partial charge in [0, 0.05) is 17.8 Å². The number of thiophene rings is 1. The lowest BCUT2D eigenvalue weighted by Gasteiger charge is -2.21. The molecule has 0 fully saturated rings. The number of benzene rings is 2. The van der Waals surface area contributed by atoms with Gasteiger partial charge in [-0.15, -0.1) is 11.3 Å². The highest BCUT2D eigenvalue weighted by molar-refractivity contribution is 7.93. The summed E-state index contributed by atoms with van der Waals surface area (Å²) in [5, 5.41) is 3.84. The number of carbonyl (C=O) groups excluding carboxylic acids is 1. The smallest absolute Gasteiger partial charge is 0.267 e. The molecule has 1 aromatic heterocycles. The van der Waals surface area contributed by atoms with Gasteiger partial charge >= 0.3 is 0 Å². The van der Waals surface area contributed by atoms with Crippen molar-refractivity contribution in [2.24, 2.45) is 0 Å². The first-order chi connectivity index (χ1) is 14.7. The van der Waals surface area contributed by atoms with E-state index in [1.54, 1.807) is 24.3 Å². The van der Waals surface area contributed by atoms with Gasteiger partial charge in [-0.2, -0.15) is 0 Å². The van der Waals surface area contributed by atoms with Gasteiger partial charge in [0.25, 0.3) is 15.9 Å². The normalized spacial score (nSPS) is 12.5. The molecule has 1 heterocycles. The van der Waals surface area contributed by atoms with Crippen LogP contribution in [0.4, 0.5) is 5.69 Å². The van der Waals surface area contributed by atoms with Gasteiger partial charge < -0.3 is 10.1 Å². The predicted molar refractivity (Wildman–Crippen MR) is 127 cm³/mol. The minimum atomic E-state index is -3.83. The fourth-order valence-electron chi connectivity index (χ4n) is 3.41. The van der Waals surface area contributed by atoms with Crippen molar-refractivity contribution in [3.05, 3.63) is 52.9 Å². The molecule has 0 aliphatic carbocycles. The Bertz CT molecular complexity index is 1200. The molecule has 0 spiro atoms. The third-order valence-corrected chi connectivity index (χ3v) is 8.07. The number of ether oxygens (including phenoxy) is 1. The van der Waals surface area contributed by atoms with E-state index < -0.39 is 10.0 Å². The topological polar surface area (TPSA) is 75.7 Å². The van der Waals surface area contributed by atoms with Crippen molar-refractivity contribution >= 4 is 43.0 Å². The maximum absolute atomic E-state index is 13.3. The van der Waals surface area contributed by atoms with E-state index in [0.717, 1.165) is 28.5 Å². The number of methoxy groups -OCH3 is 1. The summed E-state index contributed by atoms with van der Waals surface area (Å²) in [6.07, 6.45) is 1.93. The SMILES string of the molecule is CCC[C@@H](C)NC(=O)c1cc2cc(N(C)S(=O)(=O)c3cc(C)ccc3OC)ccc2s1. The standard InChI is InChI=1S/C23H28N2O4S2/c1-6-7-16(3)24-23(26)21-14-17-13-18(9-11-20(17)30-21)25(4)31(27,28)22-12-15(2)8-10-19(22)29-5/h8-14,16H,6-7H2,1-5H3,(H,24,26)/t16-/m1/s1. The van der Waals surface area contributed by atoms with Crippen LogP contribution in [0.5, 0.6) is 5.75 Å². The van der Waals surface area contributed by atoms with Crippen molar-refractivity contribution in [1.82, 2.24) is 5.32 Å². The molecule has 0 unspecified atom stereocenters. The third-order valence-electron chi connectivity index (χ3n) is 5.14. The molecule has 0 aliphatic rings. The average Bonchev–Trinajstić information content (AvgIpc) is 3.16. The van der Waals surface area contributed by atoms with Gasteiger partial charge in [0.1, 0.15) is 10.6 Å². The molecule has 1 N–H and O–H groups in total. The number of nitrogens with zero attached hydrogens (tertiary/aromatic N) is 1. The number of anilines is 1. The molecule has 1 atom stereocenters. The fourth-order valence-corrected chi connectivity index (χ4v) is 5.78. The molecule has 0 saturated carbocycles. The minimum absolute atomic E-state index is 0.103. The molecular formula is C23H28N2O4S2. The van der Waals surface area contributed by atoms with Gasteiger partial charge in [0.2, 0.25) is 0 Å². The molecule has 3 aromatic rings. The van der Waals surface area contributed by atoms with Crippen molar-refractivity contribution in [1.29, 1.82) is 0 Å². The molecule has 0 bridgehead atoms. The molecule has 0 aliphatic heterocycles. The summed E-state index contributed by atoms with van der Waals surface area (Å²) in [4.78, 5) is 13.3. The highest BCUT2D eigenvalue weighted by Crippen LogP contribution is 2.33. The van der Waals surface area contributed by atoms with Gasteiger partial charge in [-0.3, -0.25) is 9.10 Å². The number of nitrogens with one attached hydrogen (secondary N) is 1. The molecule has 1 amide bonds. The molecule has 166 valence electrons. The Morgan fingerprint density at radius 1 is 1.19 bits per heavy atom. The van der Waals surface area contributed by atoms with E-state index >= 15 is 0 Å². The molecule has 0 radical (unpaired) electrons. The first-order valence-electron chi connectivity index (χ1n) is 10.2. The quantitative estimate of drug-likeness (QED) is 0.515. The third kappa shape index (κ3) is 4.85. The van der Waals surface area contributed by atoms with E-state index in [4.69, 9.17) is 4.74 Å². The summed E-state index contributed by atoms with van der Waals surface area (Å²) in [7, 11) is -0.853. The van der Waals surface area contributed by atoms with Crippen molar-refractivity contribution < 1.29 is 17.9 Å². The zero-order valence-corrected chi connectivity index (χ0v) is 20.1. The second-order valence-corrected chi connectivity index (χ2v) is 10.6. The van der Waals surface area contributed by atoms with Crippen LogP contribution >= 0.6 is 11.3 Å². The lowest BCUT2D eigenvalue weighted by molar-refractivity contribution is 0.0942. The molecule has 3 rings (SSSR count). The van der Waals surface area contributed by atoms with E-state index in [1.165, 1.54) is 29.8 Å². The summed E-state index contributed by atoms with van der Waals surface area (Å²) in [5.74, 6) is 0.198. The Labute approximate surface area is 187 Å². The van der Waals surface area contributed by atoms with Gasteiger partial charge in [-0.05, 0) is 67.6 Å².